The Labute approximate surface area is 184 Å². The zero-order chi connectivity index (χ0) is 21.2. The first-order valence-electron chi connectivity index (χ1n) is 10.7. The van der Waals surface area contributed by atoms with Crippen LogP contribution in [0.4, 0.5) is 0 Å². The first-order valence-corrected chi connectivity index (χ1v) is 11.5. The molecule has 31 heavy (non-hydrogen) atoms. The van der Waals surface area contributed by atoms with Gasteiger partial charge < -0.3 is 14.7 Å². The van der Waals surface area contributed by atoms with Gasteiger partial charge in [-0.1, -0.05) is 13.3 Å². The highest BCUT2D eigenvalue weighted by molar-refractivity contribution is 7.15. The Morgan fingerprint density at radius 2 is 2.00 bits per heavy atom. The number of nitrogens with zero attached hydrogens (tertiary/aromatic N) is 2. The Hall–Kier alpha value is -3.19. The van der Waals surface area contributed by atoms with Crippen LogP contribution in [0.2, 0.25) is 0 Å². The summed E-state index contributed by atoms with van der Waals surface area (Å²) in [6, 6.07) is 14.2. The highest BCUT2D eigenvalue weighted by atomic mass is 32.1. The summed E-state index contributed by atoms with van der Waals surface area (Å²) in [7, 11) is 0. The van der Waals surface area contributed by atoms with Gasteiger partial charge in [-0.15, -0.1) is 21.5 Å². The molecule has 3 heterocycles. The first-order chi connectivity index (χ1) is 15.2. The lowest BCUT2D eigenvalue weighted by Gasteiger charge is -2.10. The molecule has 1 aliphatic rings. The van der Waals surface area contributed by atoms with Crippen molar-refractivity contribution in [3.63, 3.8) is 0 Å². The molecule has 5 rings (SSSR count). The van der Waals surface area contributed by atoms with Gasteiger partial charge >= 0.3 is 0 Å². The molecule has 3 aromatic heterocycles. The van der Waals surface area contributed by atoms with Gasteiger partial charge in [-0.25, -0.2) is 0 Å². The van der Waals surface area contributed by atoms with Gasteiger partial charge in [-0.05, 0) is 73.2 Å². The van der Waals surface area contributed by atoms with E-state index in [2.05, 4.69) is 39.2 Å². The van der Waals surface area contributed by atoms with Gasteiger partial charge in [-0.3, -0.25) is 4.79 Å². The van der Waals surface area contributed by atoms with E-state index in [1.165, 1.54) is 24.0 Å². The van der Waals surface area contributed by atoms with Crippen molar-refractivity contribution in [1.29, 1.82) is 0 Å². The van der Waals surface area contributed by atoms with Crippen LogP contribution in [-0.4, -0.2) is 26.8 Å². The Bertz CT molecular complexity index is 1220. The highest BCUT2D eigenvalue weighted by Gasteiger charge is 2.26. The number of ether oxygens (including phenoxy) is 1. The molecule has 0 atom stereocenters. The van der Waals surface area contributed by atoms with Crippen LogP contribution in [0, 0.1) is 0 Å². The zero-order valence-electron chi connectivity index (χ0n) is 17.4. The number of pyridine rings is 1. The van der Waals surface area contributed by atoms with Crippen LogP contribution in [0.5, 0.6) is 5.75 Å². The molecule has 0 spiro atoms. The van der Waals surface area contributed by atoms with Gasteiger partial charge in [0, 0.05) is 21.0 Å². The van der Waals surface area contributed by atoms with E-state index in [4.69, 9.17) is 4.74 Å². The molecular weight excluding hydrogens is 408 g/mol. The SMILES string of the molecule is CCCCOc1ccc(-c2cc(-c3ccc(C4CC4)s3)c(-c3nnc[nH]3)c(=O)[nH]2)cc1. The summed E-state index contributed by atoms with van der Waals surface area (Å²) in [6.45, 7) is 2.86. The average Bonchev–Trinajstić information content (AvgIpc) is 3.28. The van der Waals surface area contributed by atoms with Crippen molar-refractivity contribution in [3.8, 4) is 38.8 Å². The van der Waals surface area contributed by atoms with Crippen molar-refractivity contribution in [2.75, 3.05) is 6.61 Å². The second kappa shape index (κ2) is 8.51. The van der Waals surface area contributed by atoms with E-state index in [-0.39, 0.29) is 5.56 Å². The summed E-state index contributed by atoms with van der Waals surface area (Å²) >= 11 is 1.76. The third-order valence-electron chi connectivity index (χ3n) is 5.49. The third-order valence-corrected chi connectivity index (χ3v) is 6.77. The lowest BCUT2D eigenvalue weighted by Crippen LogP contribution is -2.12. The summed E-state index contributed by atoms with van der Waals surface area (Å²) in [5.74, 6) is 1.99. The highest BCUT2D eigenvalue weighted by Crippen LogP contribution is 2.46. The number of hydrogen-bond acceptors (Lipinski definition) is 5. The fraction of sp³-hybridized carbons (Fsp3) is 0.292. The Morgan fingerprint density at radius 3 is 2.71 bits per heavy atom. The normalized spacial score (nSPS) is 13.5. The quantitative estimate of drug-likeness (QED) is 0.354. The minimum atomic E-state index is -0.186. The number of aromatic amines is 2. The molecule has 6 nitrogen and oxygen atoms in total. The van der Waals surface area contributed by atoms with Gasteiger partial charge in [0.15, 0.2) is 5.82 Å². The first kappa shape index (κ1) is 19.8. The predicted octanol–water partition coefficient (Wildman–Crippen LogP) is 5.61. The van der Waals surface area contributed by atoms with Crippen molar-refractivity contribution in [1.82, 2.24) is 20.2 Å². The van der Waals surface area contributed by atoms with Crippen LogP contribution < -0.4 is 10.3 Å². The Morgan fingerprint density at radius 1 is 1.16 bits per heavy atom. The molecule has 0 amide bonds. The fourth-order valence-electron chi connectivity index (χ4n) is 3.62. The lowest BCUT2D eigenvalue weighted by molar-refractivity contribution is 0.309. The fourth-order valence-corrected chi connectivity index (χ4v) is 4.82. The minimum Gasteiger partial charge on any atom is -0.494 e. The maximum atomic E-state index is 13.1. The molecule has 0 bridgehead atoms. The molecule has 1 aromatic carbocycles. The summed E-state index contributed by atoms with van der Waals surface area (Å²) in [5, 5.41) is 7.97. The summed E-state index contributed by atoms with van der Waals surface area (Å²) in [4.78, 5) is 21.6. The maximum Gasteiger partial charge on any atom is 0.260 e. The summed E-state index contributed by atoms with van der Waals surface area (Å²) < 4.78 is 5.76. The number of aromatic nitrogens is 4. The van der Waals surface area contributed by atoms with E-state index in [0.29, 0.717) is 23.9 Å². The van der Waals surface area contributed by atoms with E-state index in [0.717, 1.165) is 40.3 Å². The molecule has 158 valence electrons. The molecule has 4 aromatic rings. The molecule has 2 N–H and O–H groups in total. The maximum absolute atomic E-state index is 13.1. The average molecular weight is 433 g/mol. The smallest absolute Gasteiger partial charge is 0.260 e. The van der Waals surface area contributed by atoms with Crippen LogP contribution in [0.3, 0.4) is 0 Å². The van der Waals surface area contributed by atoms with Crippen LogP contribution in [-0.2, 0) is 0 Å². The largest absolute Gasteiger partial charge is 0.494 e. The van der Waals surface area contributed by atoms with Crippen molar-refractivity contribution in [2.45, 2.75) is 38.5 Å². The van der Waals surface area contributed by atoms with Crippen molar-refractivity contribution >= 4 is 11.3 Å². The molecule has 0 aliphatic heterocycles. The number of hydrogen-bond donors (Lipinski definition) is 2. The van der Waals surface area contributed by atoms with E-state index in [1.807, 2.05) is 30.3 Å². The predicted molar refractivity (Wildman–Crippen MR) is 124 cm³/mol. The van der Waals surface area contributed by atoms with Crippen LogP contribution in [0.15, 0.2) is 53.6 Å². The standard InChI is InChI=1S/C24H24N4O2S/c1-2-3-12-30-17-8-6-15(7-9-17)19-13-18(21-11-10-20(31-21)16-4-5-16)22(24(29)27-19)23-25-14-26-28-23/h6-11,13-14,16H,2-5,12H2,1H3,(H,27,29)(H,25,26,28). The van der Waals surface area contributed by atoms with Crippen LogP contribution in [0.1, 0.15) is 43.4 Å². The molecule has 1 fully saturated rings. The van der Waals surface area contributed by atoms with E-state index in [9.17, 15) is 4.79 Å². The van der Waals surface area contributed by atoms with Gasteiger partial charge in [0.2, 0.25) is 0 Å². The number of nitrogens with one attached hydrogen (secondary N) is 2. The van der Waals surface area contributed by atoms with E-state index < -0.39 is 0 Å². The van der Waals surface area contributed by atoms with Crippen LogP contribution >= 0.6 is 11.3 Å². The molecule has 0 unspecified atom stereocenters. The number of benzene rings is 1. The van der Waals surface area contributed by atoms with Crippen molar-refractivity contribution in [2.24, 2.45) is 0 Å². The van der Waals surface area contributed by atoms with Gasteiger partial charge in [0.05, 0.1) is 12.2 Å². The van der Waals surface area contributed by atoms with Gasteiger partial charge in [0.1, 0.15) is 12.1 Å². The minimum absolute atomic E-state index is 0.186. The number of thiophene rings is 1. The number of unbranched alkanes of at least 4 members (excludes halogenated alkanes) is 1. The molecular formula is C24H24N4O2S. The van der Waals surface area contributed by atoms with E-state index >= 15 is 0 Å². The zero-order valence-corrected chi connectivity index (χ0v) is 18.2. The molecule has 1 saturated carbocycles. The summed E-state index contributed by atoms with van der Waals surface area (Å²) in [6.07, 6.45) is 6.13. The van der Waals surface area contributed by atoms with Crippen LogP contribution in [0.25, 0.3) is 33.1 Å². The molecule has 0 radical (unpaired) electrons. The second-order valence-electron chi connectivity index (χ2n) is 7.84. The van der Waals surface area contributed by atoms with E-state index in [1.54, 1.807) is 11.3 Å². The number of rotatable bonds is 8. The lowest BCUT2D eigenvalue weighted by atomic mass is 10.0. The topological polar surface area (TPSA) is 83.7 Å². The van der Waals surface area contributed by atoms with Gasteiger partial charge in [0.25, 0.3) is 5.56 Å². The van der Waals surface area contributed by atoms with Crippen molar-refractivity contribution < 1.29 is 4.74 Å². The number of H-pyrrole nitrogens is 2. The monoisotopic (exact) mass is 432 g/mol. The second-order valence-corrected chi connectivity index (χ2v) is 8.96. The van der Waals surface area contributed by atoms with Crippen molar-refractivity contribution in [3.05, 3.63) is 64.0 Å². The van der Waals surface area contributed by atoms with Gasteiger partial charge in [-0.2, -0.15) is 0 Å². The molecule has 1 aliphatic carbocycles. The Kier molecular flexibility index (Phi) is 5.42. The molecule has 0 saturated heterocycles. The summed E-state index contributed by atoms with van der Waals surface area (Å²) in [5.41, 5.74) is 2.91. The molecule has 7 heteroatoms. The Balaban J connectivity index is 1.54. The third kappa shape index (κ3) is 4.18.